The van der Waals surface area contributed by atoms with Crippen LogP contribution in [0.4, 0.5) is 5.69 Å². The van der Waals surface area contributed by atoms with Gasteiger partial charge in [0.2, 0.25) is 0 Å². The molecule has 1 aliphatic heterocycles. The van der Waals surface area contributed by atoms with Crippen LogP contribution in [0, 0.1) is 6.92 Å². The Morgan fingerprint density at radius 2 is 1.63 bits per heavy atom. The molecule has 4 aromatic rings. The van der Waals surface area contributed by atoms with Crippen molar-refractivity contribution < 1.29 is 14.3 Å². The summed E-state index contributed by atoms with van der Waals surface area (Å²) in [6.07, 6.45) is 1.87. The lowest BCUT2D eigenvalue weighted by Gasteiger charge is -2.15. The average molecular weight is 604 g/mol. The van der Waals surface area contributed by atoms with E-state index < -0.39 is 0 Å². The summed E-state index contributed by atoms with van der Waals surface area (Å²) in [5, 5.41) is 1.61. The molecule has 5 rings (SSSR count). The summed E-state index contributed by atoms with van der Waals surface area (Å²) in [7, 11) is 0. The van der Waals surface area contributed by atoms with Gasteiger partial charge in [0.1, 0.15) is 6.61 Å². The molecule has 0 spiro atoms. The van der Waals surface area contributed by atoms with Crippen molar-refractivity contribution in [1.29, 1.82) is 0 Å². The highest BCUT2D eigenvalue weighted by molar-refractivity contribution is 8.18. The smallest absolute Gasteiger partial charge is 0.267 e. The Morgan fingerprint density at radius 1 is 0.854 bits per heavy atom. The molecule has 208 valence electrons. The van der Waals surface area contributed by atoms with Crippen LogP contribution in [0.1, 0.15) is 29.2 Å². The fourth-order valence-corrected chi connectivity index (χ4v) is 5.49. The molecule has 1 saturated heterocycles. The molecule has 0 radical (unpaired) electrons. The first-order valence-corrected chi connectivity index (χ1v) is 14.7. The van der Waals surface area contributed by atoms with E-state index in [0.29, 0.717) is 51.4 Å². The highest BCUT2D eigenvalue weighted by Gasteiger charge is 2.33. The van der Waals surface area contributed by atoms with Gasteiger partial charge >= 0.3 is 0 Å². The molecule has 0 aromatic heterocycles. The number of nitrogens with zero attached hydrogens (tertiary/aromatic N) is 2. The molecule has 0 aliphatic carbocycles. The first kappa shape index (κ1) is 28.8. The molecule has 1 fully saturated rings. The number of thioether (sulfide) groups is 1. The van der Waals surface area contributed by atoms with Crippen molar-refractivity contribution in [2.24, 2.45) is 4.99 Å². The molecule has 4 aromatic carbocycles. The molecule has 8 heteroatoms. The number of rotatable bonds is 9. The van der Waals surface area contributed by atoms with E-state index >= 15 is 0 Å². The van der Waals surface area contributed by atoms with Gasteiger partial charge in [0.25, 0.3) is 5.91 Å². The van der Waals surface area contributed by atoms with Crippen LogP contribution in [0.5, 0.6) is 11.5 Å². The molecule has 0 N–H and O–H groups in total. The molecule has 1 aliphatic rings. The van der Waals surface area contributed by atoms with Crippen molar-refractivity contribution in [3.05, 3.63) is 128 Å². The number of amides is 1. The number of ether oxygens (including phenoxy) is 2. The number of aliphatic imine (C=N–C) groups is 1. The fraction of sp³-hybridized carbons (Fsp3) is 0.152. The predicted octanol–water partition coefficient (Wildman–Crippen LogP) is 9.08. The zero-order valence-corrected chi connectivity index (χ0v) is 25.0. The molecule has 1 heterocycles. The van der Waals surface area contributed by atoms with E-state index in [1.54, 1.807) is 17.0 Å². The van der Waals surface area contributed by atoms with E-state index in [2.05, 4.69) is 0 Å². The van der Waals surface area contributed by atoms with Crippen molar-refractivity contribution in [2.75, 3.05) is 6.61 Å². The van der Waals surface area contributed by atoms with Gasteiger partial charge in [-0.1, -0.05) is 83.4 Å². The Labute approximate surface area is 254 Å². The Hall–Kier alpha value is -3.71. The Balaban J connectivity index is 1.41. The van der Waals surface area contributed by atoms with Gasteiger partial charge in [-0.25, -0.2) is 4.99 Å². The average Bonchev–Trinajstić information content (AvgIpc) is 3.25. The lowest BCUT2D eigenvalue weighted by Crippen LogP contribution is -2.28. The predicted molar refractivity (Wildman–Crippen MR) is 169 cm³/mol. The second-order valence-electron chi connectivity index (χ2n) is 9.39. The molecule has 1 amide bonds. The maximum Gasteiger partial charge on any atom is 0.267 e. The van der Waals surface area contributed by atoms with Crippen LogP contribution in [-0.4, -0.2) is 22.6 Å². The first-order chi connectivity index (χ1) is 19.9. The summed E-state index contributed by atoms with van der Waals surface area (Å²) in [6, 6.07) is 28.9. The van der Waals surface area contributed by atoms with Crippen LogP contribution < -0.4 is 9.47 Å². The number of amidine groups is 1. The summed E-state index contributed by atoms with van der Waals surface area (Å²) < 4.78 is 11.9. The quantitative estimate of drug-likeness (QED) is 0.179. The third kappa shape index (κ3) is 7.33. The normalized spacial score (nSPS) is 15.1. The Kier molecular flexibility index (Phi) is 9.35. The van der Waals surface area contributed by atoms with E-state index in [4.69, 9.17) is 37.7 Å². The van der Waals surface area contributed by atoms with E-state index in [1.807, 2.05) is 98.8 Å². The van der Waals surface area contributed by atoms with Gasteiger partial charge in [-0.2, -0.15) is 0 Å². The largest absolute Gasteiger partial charge is 0.490 e. The third-order valence-corrected chi connectivity index (χ3v) is 8.02. The highest BCUT2D eigenvalue weighted by atomic mass is 35.5. The number of hydrogen-bond donors (Lipinski definition) is 0. The summed E-state index contributed by atoms with van der Waals surface area (Å²) >= 11 is 13.5. The van der Waals surface area contributed by atoms with Crippen molar-refractivity contribution in [2.45, 2.75) is 27.0 Å². The minimum Gasteiger partial charge on any atom is -0.490 e. The van der Waals surface area contributed by atoms with Gasteiger partial charge in [0.15, 0.2) is 16.7 Å². The zero-order chi connectivity index (χ0) is 28.8. The highest BCUT2D eigenvalue weighted by Crippen LogP contribution is 2.37. The molecular formula is C33H28Cl2N2O3S. The van der Waals surface area contributed by atoms with E-state index in [9.17, 15) is 4.79 Å². The minimum absolute atomic E-state index is 0.0948. The number of hydrogen-bond acceptors (Lipinski definition) is 5. The molecule has 41 heavy (non-hydrogen) atoms. The maximum absolute atomic E-state index is 13.6. The van der Waals surface area contributed by atoms with E-state index in [0.717, 1.165) is 27.9 Å². The summed E-state index contributed by atoms with van der Waals surface area (Å²) in [5.74, 6) is 1.09. The van der Waals surface area contributed by atoms with Gasteiger partial charge in [-0.15, -0.1) is 0 Å². The Morgan fingerprint density at radius 3 is 2.37 bits per heavy atom. The zero-order valence-electron chi connectivity index (χ0n) is 22.6. The van der Waals surface area contributed by atoms with Crippen LogP contribution in [0.15, 0.2) is 101 Å². The summed E-state index contributed by atoms with van der Waals surface area (Å²) in [6.45, 7) is 5.15. The van der Waals surface area contributed by atoms with Crippen molar-refractivity contribution in [3.8, 4) is 11.5 Å². The molecular weight excluding hydrogens is 575 g/mol. The SMILES string of the molecule is CCOc1cc(/C=C2/SC(=Nc3ccc(C)cc3)N(Cc3ccccc3)C2=O)ccc1OCc1ccc(Cl)c(Cl)c1. The molecule has 0 unspecified atom stereocenters. The molecule has 5 nitrogen and oxygen atoms in total. The standard InChI is InChI=1S/C33H28Cl2N2O3S/c1-3-39-30-18-24(12-16-29(30)40-21-25-11-15-27(34)28(35)17-25)19-31-32(38)37(20-23-7-5-4-6-8-23)33(41-31)36-26-13-9-22(2)10-14-26/h4-19H,3,20-21H2,1-2H3/b31-19+,36-33?. The number of halogens is 2. The molecule has 0 bridgehead atoms. The van der Waals surface area contributed by atoms with E-state index in [-0.39, 0.29) is 5.91 Å². The van der Waals surface area contributed by atoms with Crippen molar-refractivity contribution >= 4 is 57.8 Å². The van der Waals surface area contributed by atoms with Gasteiger partial charge in [0, 0.05) is 0 Å². The number of aryl methyl sites for hydroxylation is 1. The molecule has 0 atom stereocenters. The maximum atomic E-state index is 13.6. The molecule has 0 saturated carbocycles. The second-order valence-corrected chi connectivity index (χ2v) is 11.2. The van der Waals surface area contributed by atoms with E-state index in [1.165, 1.54) is 11.8 Å². The number of benzene rings is 4. The minimum atomic E-state index is -0.0948. The number of carbonyl (C=O) groups excluding carboxylic acids is 1. The monoisotopic (exact) mass is 602 g/mol. The van der Waals surface area contributed by atoms with Gasteiger partial charge in [-0.3, -0.25) is 9.69 Å². The summed E-state index contributed by atoms with van der Waals surface area (Å²) in [5.41, 5.74) is 4.69. The van der Waals surface area contributed by atoms with Gasteiger partial charge in [-0.05, 0) is 84.8 Å². The topological polar surface area (TPSA) is 51.1 Å². The fourth-order valence-electron chi connectivity index (χ4n) is 4.17. The summed E-state index contributed by atoms with van der Waals surface area (Å²) in [4.78, 5) is 20.8. The van der Waals surface area contributed by atoms with Crippen LogP contribution in [0.3, 0.4) is 0 Å². The van der Waals surface area contributed by atoms with Crippen LogP contribution in [-0.2, 0) is 17.9 Å². The van der Waals surface area contributed by atoms with Crippen LogP contribution >= 0.6 is 35.0 Å². The number of carbonyl (C=O) groups is 1. The van der Waals surface area contributed by atoms with Crippen LogP contribution in [0.2, 0.25) is 10.0 Å². The third-order valence-electron chi connectivity index (χ3n) is 6.27. The first-order valence-electron chi connectivity index (χ1n) is 13.1. The van der Waals surface area contributed by atoms with Gasteiger partial charge < -0.3 is 9.47 Å². The lowest BCUT2D eigenvalue weighted by atomic mass is 10.1. The van der Waals surface area contributed by atoms with Crippen LogP contribution in [0.25, 0.3) is 6.08 Å². The lowest BCUT2D eigenvalue weighted by molar-refractivity contribution is -0.122. The second kappa shape index (κ2) is 13.3. The van der Waals surface area contributed by atoms with Crippen molar-refractivity contribution in [3.63, 3.8) is 0 Å². The Bertz CT molecular complexity index is 1610. The van der Waals surface area contributed by atoms with Crippen molar-refractivity contribution in [1.82, 2.24) is 4.90 Å². The van der Waals surface area contributed by atoms with Gasteiger partial charge in [0.05, 0.1) is 33.8 Å².